The summed E-state index contributed by atoms with van der Waals surface area (Å²) in [4.78, 5) is 14.5. The number of hydrogen-bond donors (Lipinski definition) is 1. The molecule has 2 aromatic rings. The first kappa shape index (κ1) is 16.5. The van der Waals surface area contributed by atoms with Crippen LogP contribution in [0.3, 0.4) is 0 Å². The van der Waals surface area contributed by atoms with E-state index in [-0.39, 0.29) is 10.8 Å². The van der Waals surface area contributed by atoms with Gasteiger partial charge in [-0.3, -0.25) is 4.79 Å². The van der Waals surface area contributed by atoms with Crippen LogP contribution in [-0.4, -0.2) is 32.9 Å². The normalized spacial score (nSPS) is 14.2. The van der Waals surface area contributed by atoms with Crippen LogP contribution in [0.4, 0.5) is 0 Å². The molecule has 0 aromatic heterocycles. The van der Waals surface area contributed by atoms with Crippen molar-refractivity contribution in [2.24, 2.45) is 5.14 Å². The van der Waals surface area contributed by atoms with E-state index >= 15 is 0 Å². The molecule has 1 aliphatic rings. The van der Waals surface area contributed by atoms with E-state index in [9.17, 15) is 13.2 Å². The molecule has 2 N–H and O–H groups in total. The first-order valence-corrected chi connectivity index (χ1v) is 9.01. The van der Waals surface area contributed by atoms with Gasteiger partial charge in [0, 0.05) is 13.1 Å². The summed E-state index contributed by atoms with van der Waals surface area (Å²) in [5, 5.41) is 5.19. The summed E-state index contributed by atoms with van der Waals surface area (Å²) in [6.45, 7) is 0.911. The summed E-state index contributed by atoms with van der Waals surface area (Å²) >= 11 is 0. The Hall–Kier alpha value is -2.38. The van der Waals surface area contributed by atoms with Crippen LogP contribution in [0, 0.1) is 0 Å². The summed E-state index contributed by atoms with van der Waals surface area (Å²) < 4.78 is 28.3. The van der Waals surface area contributed by atoms with E-state index < -0.39 is 10.0 Å². The molecule has 6 nitrogen and oxygen atoms in total. The van der Waals surface area contributed by atoms with E-state index in [1.807, 2.05) is 0 Å². The van der Waals surface area contributed by atoms with E-state index in [4.69, 9.17) is 9.88 Å². The number of amides is 1. The SMILES string of the molecule is COc1ccccc1C(=O)N1CCc2ccc(S(N)(=O)=O)cc2C1. The van der Waals surface area contributed by atoms with Gasteiger partial charge >= 0.3 is 0 Å². The van der Waals surface area contributed by atoms with Crippen molar-refractivity contribution < 1.29 is 17.9 Å². The minimum absolute atomic E-state index is 0.0628. The van der Waals surface area contributed by atoms with Crippen LogP contribution in [0.15, 0.2) is 47.4 Å². The topological polar surface area (TPSA) is 89.7 Å². The standard InChI is InChI=1S/C17H18N2O4S/c1-23-16-5-3-2-4-15(16)17(20)19-9-8-12-6-7-14(24(18,21)22)10-13(12)11-19/h2-7,10H,8-9,11H2,1H3,(H2,18,21,22). The predicted octanol–water partition coefficient (Wildman–Crippen LogP) is 1.54. The molecular weight excluding hydrogens is 328 g/mol. The van der Waals surface area contributed by atoms with Gasteiger partial charge in [0.1, 0.15) is 5.75 Å². The Morgan fingerprint density at radius 3 is 2.62 bits per heavy atom. The largest absolute Gasteiger partial charge is 0.496 e. The summed E-state index contributed by atoms with van der Waals surface area (Å²) in [6.07, 6.45) is 0.668. The van der Waals surface area contributed by atoms with Crippen LogP contribution in [0.2, 0.25) is 0 Å². The molecule has 0 fully saturated rings. The zero-order chi connectivity index (χ0) is 17.3. The van der Waals surface area contributed by atoms with Crippen molar-refractivity contribution in [1.29, 1.82) is 0 Å². The van der Waals surface area contributed by atoms with Gasteiger partial charge in [0.05, 0.1) is 17.6 Å². The lowest BCUT2D eigenvalue weighted by molar-refractivity contribution is 0.0731. The van der Waals surface area contributed by atoms with Gasteiger partial charge in [-0.05, 0) is 41.8 Å². The van der Waals surface area contributed by atoms with Crippen molar-refractivity contribution in [3.8, 4) is 5.75 Å². The third kappa shape index (κ3) is 3.13. The Balaban J connectivity index is 1.90. The molecule has 0 saturated carbocycles. The molecule has 3 rings (SSSR count). The summed E-state index contributed by atoms with van der Waals surface area (Å²) in [5.41, 5.74) is 2.33. The Kier molecular flexibility index (Phi) is 4.29. The van der Waals surface area contributed by atoms with Gasteiger partial charge in [-0.15, -0.1) is 0 Å². The minimum atomic E-state index is -3.76. The van der Waals surface area contributed by atoms with Gasteiger partial charge in [-0.2, -0.15) is 0 Å². The number of carbonyl (C=O) groups excluding carboxylic acids is 1. The first-order valence-electron chi connectivity index (χ1n) is 7.47. The van der Waals surface area contributed by atoms with Gasteiger partial charge in [0.15, 0.2) is 0 Å². The average Bonchev–Trinajstić information content (AvgIpc) is 2.59. The number of benzene rings is 2. The Morgan fingerprint density at radius 2 is 1.92 bits per heavy atom. The van der Waals surface area contributed by atoms with Crippen LogP contribution in [-0.2, 0) is 23.0 Å². The van der Waals surface area contributed by atoms with Crippen molar-refractivity contribution >= 4 is 15.9 Å². The predicted molar refractivity (Wildman–Crippen MR) is 89.3 cm³/mol. The van der Waals surface area contributed by atoms with E-state index in [0.717, 1.165) is 11.1 Å². The van der Waals surface area contributed by atoms with E-state index in [2.05, 4.69) is 0 Å². The number of fused-ring (bicyclic) bond motifs is 1. The Labute approximate surface area is 140 Å². The summed E-state index contributed by atoms with van der Waals surface area (Å²) in [7, 11) is -2.24. The molecule has 2 aromatic carbocycles. The van der Waals surface area contributed by atoms with Crippen LogP contribution >= 0.6 is 0 Å². The number of hydrogen-bond acceptors (Lipinski definition) is 4. The highest BCUT2D eigenvalue weighted by atomic mass is 32.2. The van der Waals surface area contributed by atoms with Crippen molar-refractivity contribution in [3.05, 3.63) is 59.2 Å². The number of para-hydroxylation sites is 1. The molecule has 0 saturated heterocycles. The number of methoxy groups -OCH3 is 1. The summed E-state index contributed by atoms with van der Waals surface area (Å²) in [6, 6.07) is 11.9. The van der Waals surface area contributed by atoms with Gasteiger partial charge in [0.25, 0.3) is 5.91 Å². The molecule has 0 unspecified atom stereocenters. The number of nitrogens with zero attached hydrogens (tertiary/aromatic N) is 1. The number of nitrogens with two attached hydrogens (primary N) is 1. The third-order valence-electron chi connectivity index (χ3n) is 4.14. The quantitative estimate of drug-likeness (QED) is 0.913. The van der Waals surface area contributed by atoms with E-state index in [1.54, 1.807) is 41.3 Å². The highest BCUT2D eigenvalue weighted by molar-refractivity contribution is 7.89. The van der Waals surface area contributed by atoms with Gasteiger partial charge in [-0.1, -0.05) is 18.2 Å². The molecule has 126 valence electrons. The molecule has 0 bridgehead atoms. The number of sulfonamides is 1. The first-order chi connectivity index (χ1) is 11.4. The maximum atomic E-state index is 12.8. The lowest BCUT2D eigenvalue weighted by Crippen LogP contribution is -2.36. The van der Waals surface area contributed by atoms with Crippen molar-refractivity contribution in [3.63, 3.8) is 0 Å². The number of carbonyl (C=O) groups is 1. The van der Waals surface area contributed by atoms with Gasteiger partial charge < -0.3 is 9.64 Å². The van der Waals surface area contributed by atoms with Crippen molar-refractivity contribution in [2.45, 2.75) is 17.9 Å². The average molecular weight is 346 g/mol. The third-order valence-corrected chi connectivity index (χ3v) is 5.05. The molecule has 1 aliphatic heterocycles. The maximum Gasteiger partial charge on any atom is 0.257 e. The van der Waals surface area contributed by atoms with Crippen LogP contribution in [0.25, 0.3) is 0 Å². The minimum Gasteiger partial charge on any atom is -0.496 e. The number of rotatable bonds is 3. The molecule has 24 heavy (non-hydrogen) atoms. The second-order valence-electron chi connectivity index (χ2n) is 5.65. The molecule has 0 aliphatic carbocycles. The van der Waals surface area contributed by atoms with Gasteiger partial charge in [0.2, 0.25) is 10.0 Å². The second-order valence-corrected chi connectivity index (χ2v) is 7.21. The Morgan fingerprint density at radius 1 is 1.17 bits per heavy atom. The highest BCUT2D eigenvalue weighted by Gasteiger charge is 2.24. The zero-order valence-electron chi connectivity index (χ0n) is 13.2. The monoisotopic (exact) mass is 346 g/mol. The molecule has 0 atom stereocenters. The Bertz CT molecular complexity index is 893. The number of primary sulfonamides is 1. The fourth-order valence-electron chi connectivity index (χ4n) is 2.88. The molecule has 1 amide bonds. The molecule has 0 spiro atoms. The fourth-order valence-corrected chi connectivity index (χ4v) is 3.44. The van der Waals surface area contributed by atoms with Crippen molar-refractivity contribution in [1.82, 2.24) is 4.90 Å². The smallest absolute Gasteiger partial charge is 0.257 e. The fraction of sp³-hybridized carbons (Fsp3) is 0.235. The highest BCUT2D eigenvalue weighted by Crippen LogP contribution is 2.25. The van der Waals surface area contributed by atoms with Gasteiger partial charge in [-0.25, -0.2) is 13.6 Å². The van der Waals surface area contributed by atoms with Crippen LogP contribution in [0.1, 0.15) is 21.5 Å². The van der Waals surface area contributed by atoms with Crippen molar-refractivity contribution in [2.75, 3.05) is 13.7 Å². The van der Waals surface area contributed by atoms with E-state index in [1.165, 1.54) is 13.2 Å². The second kappa shape index (κ2) is 6.26. The van der Waals surface area contributed by atoms with Crippen LogP contribution in [0.5, 0.6) is 5.75 Å². The molecule has 7 heteroatoms. The lowest BCUT2D eigenvalue weighted by atomic mass is 9.99. The van der Waals surface area contributed by atoms with E-state index in [0.29, 0.717) is 30.8 Å². The summed E-state index contributed by atoms with van der Waals surface area (Å²) in [5.74, 6) is 0.380. The maximum absolute atomic E-state index is 12.8. The van der Waals surface area contributed by atoms with Crippen LogP contribution < -0.4 is 9.88 Å². The molecular formula is C17H18N2O4S. The molecule has 1 heterocycles. The molecule has 0 radical (unpaired) electrons. The number of ether oxygens (including phenoxy) is 1. The lowest BCUT2D eigenvalue weighted by Gasteiger charge is -2.29. The zero-order valence-corrected chi connectivity index (χ0v) is 14.0.